The van der Waals surface area contributed by atoms with Gasteiger partial charge in [-0.2, -0.15) is 5.10 Å². The predicted octanol–water partition coefficient (Wildman–Crippen LogP) is 2.14. The Balaban J connectivity index is 1.59. The molecule has 3 N–H and O–H groups in total. The van der Waals surface area contributed by atoms with Crippen molar-refractivity contribution in [3.8, 4) is 0 Å². The standard InChI is InChI=1S/C20H20N8O/c1-14(17-11-23-27(13-17)7-8-29)24-20-19(10-21)25-26-28(20)12-15-4-5-18-16(9-15)3-2-6-22-18/h2-6,9-11,13,21,24,29H,1,7-8,12H2. The molecular formula is C20H20N8O. The molecule has 0 unspecified atom stereocenters. The summed E-state index contributed by atoms with van der Waals surface area (Å²) in [6.07, 6.45) is 6.38. The number of aliphatic hydroxyl groups excluding tert-OH is 1. The summed E-state index contributed by atoms with van der Waals surface area (Å²) < 4.78 is 3.33. The van der Waals surface area contributed by atoms with Gasteiger partial charge in [-0.25, -0.2) is 4.68 Å². The van der Waals surface area contributed by atoms with E-state index in [0.717, 1.165) is 28.2 Å². The van der Waals surface area contributed by atoms with Crippen LogP contribution in [0.2, 0.25) is 0 Å². The van der Waals surface area contributed by atoms with Gasteiger partial charge in [0.05, 0.1) is 31.4 Å². The zero-order valence-corrected chi connectivity index (χ0v) is 15.7. The van der Waals surface area contributed by atoms with E-state index in [1.165, 1.54) is 0 Å². The van der Waals surface area contributed by atoms with Gasteiger partial charge in [-0.05, 0) is 23.8 Å². The average molecular weight is 388 g/mol. The molecule has 0 amide bonds. The molecule has 0 atom stereocenters. The molecule has 0 spiro atoms. The number of pyridine rings is 1. The van der Waals surface area contributed by atoms with E-state index < -0.39 is 0 Å². The number of rotatable bonds is 8. The van der Waals surface area contributed by atoms with Gasteiger partial charge in [0, 0.05) is 35.3 Å². The lowest BCUT2D eigenvalue weighted by Gasteiger charge is -2.11. The monoisotopic (exact) mass is 388 g/mol. The van der Waals surface area contributed by atoms with Crippen molar-refractivity contribution >= 4 is 28.6 Å². The van der Waals surface area contributed by atoms with Crippen LogP contribution in [0.15, 0.2) is 55.5 Å². The van der Waals surface area contributed by atoms with Gasteiger partial charge >= 0.3 is 0 Å². The van der Waals surface area contributed by atoms with Gasteiger partial charge in [-0.1, -0.05) is 23.9 Å². The van der Waals surface area contributed by atoms with Crippen molar-refractivity contribution in [1.29, 1.82) is 5.41 Å². The highest BCUT2D eigenvalue weighted by Crippen LogP contribution is 2.21. The van der Waals surface area contributed by atoms with Crippen LogP contribution < -0.4 is 5.32 Å². The van der Waals surface area contributed by atoms with E-state index in [0.29, 0.717) is 30.3 Å². The van der Waals surface area contributed by atoms with Crippen LogP contribution in [0.25, 0.3) is 16.6 Å². The molecule has 9 nitrogen and oxygen atoms in total. The Morgan fingerprint density at radius 3 is 3.03 bits per heavy atom. The minimum atomic E-state index is 0.0109. The van der Waals surface area contributed by atoms with Crippen molar-refractivity contribution in [2.24, 2.45) is 0 Å². The molecule has 0 aliphatic rings. The largest absolute Gasteiger partial charge is 0.394 e. The van der Waals surface area contributed by atoms with Crippen LogP contribution in [0.1, 0.15) is 16.8 Å². The Morgan fingerprint density at radius 1 is 1.31 bits per heavy atom. The molecular weight excluding hydrogens is 368 g/mol. The summed E-state index contributed by atoms with van der Waals surface area (Å²) in [6, 6.07) is 9.95. The van der Waals surface area contributed by atoms with Crippen LogP contribution in [0, 0.1) is 5.41 Å². The summed E-state index contributed by atoms with van der Waals surface area (Å²) in [5.74, 6) is 0.575. The fourth-order valence-corrected chi connectivity index (χ4v) is 3.02. The lowest BCUT2D eigenvalue weighted by molar-refractivity contribution is 0.269. The first kappa shape index (κ1) is 18.5. The summed E-state index contributed by atoms with van der Waals surface area (Å²) in [5, 5.41) is 33.4. The highest BCUT2D eigenvalue weighted by atomic mass is 16.3. The lowest BCUT2D eigenvalue weighted by Crippen LogP contribution is -2.09. The van der Waals surface area contributed by atoms with E-state index in [2.05, 4.69) is 38.4 Å². The Labute approximate surface area is 166 Å². The Bertz CT molecular complexity index is 1180. The zero-order chi connectivity index (χ0) is 20.2. The number of hydrogen-bond donors (Lipinski definition) is 3. The van der Waals surface area contributed by atoms with E-state index in [4.69, 9.17) is 10.5 Å². The van der Waals surface area contributed by atoms with Crippen LogP contribution in [0.5, 0.6) is 0 Å². The number of nitrogens with one attached hydrogen (secondary N) is 2. The smallest absolute Gasteiger partial charge is 0.158 e. The number of benzene rings is 1. The third-order valence-corrected chi connectivity index (χ3v) is 4.48. The predicted molar refractivity (Wildman–Crippen MR) is 111 cm³/mol. The molecule has 4 aromatic rings. The number of aromatic nitrogens is 6. The maximum Gasteiger partial charge on any atom is 0.158 e. The average Bonchev–Trinajstić information content (AvgIpc) is 3.35. The van der Waals surface area contributed by atoms with E-state index in [9.17, 15) is 0 Å². The highest BCUT2D eigenvalue weighted by Gasteiger charge is 2.14. The maximum absolute atomic E-state index is 9.04. The summed E-state index contributed by atoms with van der Waals surface area (Å²) in [6.45, 7) is 4.96. The minimum Gasteiger partial charge on any atom is -0.394 e. The molecule has 4 rings (SSSR count). The molecule has 0 radical (unpaired) electrons. The molecule has 0 bridgehead atoms. The van der Waals surface area contributed by atoms with E-state index >= 15 is 0 Å². The highest BCUT2D eigenvalue weighted by molar-refractivity contribution is 5.86. The third kappa shape index (κ3) is 3.90. The lowest BCUT2D eigenvalue weighted by atomic mass is 10.1. The van der Waals surface area contributed by atoms with Crippen molar-refractivity contribution in [3.05, 3.63) is 72.3 Å². The van der Waals surface area contributed by atoms with Crippen LogP contribution in [-0.2, 0) is 13.1 Å². The zero-order valence-electron chi connectivity index (χ0n) is 15.7. The summed E-state index contributed by atoms with van der Waals surface area (Å²) in [7, 11) is 0. The molecule has 146 valence electrons. The number of hydrogen-bond acceptors (Lipinski definition) is 7. The van der Waals surface area contributed by atoms with Gasteiger partial charge in [0.25, 0.3) is 0 Å². The molecule has 0 aliphatic heterocycles. The summed E-state index contributed by atoms with van der Waals surface area (Å²) in [4.78, 5) is 4.34. The maximum atomic E-state index is 9.04. The van der Waals surface area contributed by atoms with Crippen LogP contribution in [-0.4, -0.2) is 47.7 Å². The molecule has 29 heavy (non-hydrogen) atoms. The minimum absolute atomic E-state index is 0.0109. The Morgan fingerprint density at radius 2 is 2.21 bits per heavy atom. The van der Waals surface area contributed by atoms with Crippen molar-refractivity contribution in [1.82, 2.24) is 29.8 Å². The van der Waals surface area contributed by atoms with Crippen molar-refractivity contribution < 1.29 is 5.11 Å². The molecule has 1 aromatic carbocycles. The first-order chi connectivity index (χ1) is 14.2. The second kappa shape index (κ2) is 8.03. The first-order valence-electron chi connectivity index (χ1n) is 9.05. The summed E-state index contributed by atoms with van der Waals surface area (Å²) >= 11 is 0. The van der Waals surface area contributed by atoms with Gasteiger partial charge in [0.15, 0.2) is 5.82 Å². The van der Waals surface area contributed by atoms with Gasteiger partial charge in [-0.3, -0.25) is 9.67 Å². The van der Waals surface area contributed by atoms with Gasteiger partial charge in [-0.15, -0.1) is 5.10 Å². The SMILES string of the molecule is C=C(Nc1c(C=N)nnn1Cc1ccc2ncccc2c1)c1cnn(CCO)c1. The third-order valence-electron chi connectivity index (χ3n) is 4.48. The van der Waals surface area contributed by atoms with Crippen molar-refractivity contribution in [2.45, 2.75) is 13.1 Å². The fraction of sp³-hybridized carbons (Fsp3) is 0.150. The molecule has 3 aromatic heterocycles. The normalized spacial score (nSPS) is 10.9. The molecule has 3 heterocycles. The quantitative estimate of drug-likeness (QED) is 0.398. The van der Waals surface area contributed by atoms with Gasteiger partial charge in [0.1, 0.15) is 5.69 Å². The number of nitrogens with zero attached hydrogens (tertiary/aromatic N) is 6. The molecule has 0 saturated carbocycles. The van der Waals surface area contributed by atoms with Crippen LogP contribution in [0.4, 0.5) is 5.82 Å². The molecule has 0 saturated heterocycles. The molecule has 0 fully saturated rings. The van der Waals surface area contributed by atoms with E-state index in [-0.39, 0.29) is 6.61 Å². The van der Waals surface area contributed by atoms with E-state index in [1.54, 1.807) is 28.0 Å². The van der Waals surface area contributed by atoms with E-state index in [1.807, 2.05) is 24.3 Å². The Hall–Kier alpha value is -3.85. The number of anilines is 1. The second-order valence-corrected chi connectivity index (χ2v) is 6.47. The van der Waals surface area contributed by atoms with Crippen molar-refractivity contribution in [2.75, 3.05) is 11.9 Å². The number of aliphatic hydroxyl groups is 1. The van der Waals surface area contributed by atoms with Crippen molar-refractivity contribution in [3.63, 3.8) is 0 Å². The fourth-order valence-electron chi connectivity index (χ4n) is 3.02. The van der Waals surface area contributed by atoms with Crippen LogP contribution >= 0.6 is 0 Å². The topological polar surface area (TPSA) is 118 Å². The van der Waals surface area contributed by atoms with Crippen LogP contribution in [0.3, 0.4) is 0 Å². The molecule has 9 heteroatoms. The second-order valence-electron chi connectivity index (χ2n) is 6.47. The number of fused-ring (bicyclic) bond motifs is 1. The van der Waals surface area contributed by atoms with Gasteiger partial charge in [0.2, 0.25) is 0 Å². The molecule has 0 aliphatic carbocycles. The first-order valence-corrected chi connectivity index (χ1v) is 9.05. The summed E-state index contributed by atoms with van der Waals surface area (Å²) in [5.41, 5.74) is 3.76. The van der Waals surface area contributed by atoms with Gasteiger partial charge < -0.3 is 15.8 Å². The Kier molecular flexibility index (Phi) is 5.12.